The van der Waals surface area contributed by atoms with Crippen molar-refractivity contribution >= 4 is 23.8 Å². The van der Waals surface area contributed by atoms with Gasteiger partial charge in [-0.15, -0.1) is 0 Å². The number of aromatic nitrogens is 2. The molecular weight excluding hydrogens is 356 g/mol. The molecule has 0 aliphatic carbocycles. The second kappa shape index (κ2) is 9.33. The second-order valence-electron chi connectivity index (χ2n) is 6.54. The lowest BCUT2D eigenvalue weighted by Gasteiger charge is -2.03. The summed E-state index contributed by atoms with van der Waals surface area (Å²) in [5.41, 5.74) is 6.01. The molecule has 4 rings (SSSR count). The molecule has 0 amide bonds. The van der Waals surface area contributed by atoms with Crippen molar-refractivity contribution in [1.29, 1.82) is 0 Å². The minimum absolute atomic E-state index is 0.849. The molecule has 0 atom stereocenters. The maximum Gasteiger partial charge on any atom is 0.0812 e. The lowest BCUT2D eigenvalue weighted by atomic mass is 10.0. The van der Waals surface area contributed by atoms with Gasteiger partial charge in [-0.3, -0.25) is 20.0 Å². The molecule has 2 heterocycles. The Hall–Kier alpha value is -3.92. The molecule has 4 nitrogen and oxygen atoms in total. The van der Waals surface area contributed by atoms with Gasteiger partial charge >= 0.3 is 0 Å². The fourth-order valence-electron chi connectivity index (χ4n) is 2.82. The van der Waals surface area contributed by atoms with E-state index in [-0.39, 0.29) is 0 Å². The number of hydrogen-bond donors (Lipinski definition) is 0. The third-order valence-electron chi connectivity index (χ3n) is 4.35. The smallest absolute Gasteiger partial charge is 0.0812 e. The van der Waals surface area contributed by atoms with E-state index >= 15 is 0 Å². The quantitative estimate of drug-likeness (QED) is 0.413. The number of aliphatic imine (C=N–C) groups is 2. The molecule has 29 heavy (non-hydrogen) atoms. The van der Waals surface area contributed by atoms with Gasteiger partial charge in [-0.25, -0.2) is 0 Å². The van der Waals surface area contributed by atoms with E-state index in [1.165, 1.54) is 11.1 Å². The summed E-state index contributed by atoms with van der Waals surface area (Å²) >= 11 is 0. The van der Waals surface area contributed by atoms with E-state index in [0.29, 0.717) is 0 Å². The normalized spacial score (nSPS) is 11.3. The van der Waals surface area contributed by atoms with Gasteiger partial charge in [0.2, 0.25) is 0 Å². The minimum atomic E-state index is 0.849. The lowest BCUT2D eigenvalue weighted by molar-refractivity contribution is 1.19. The molecular formula is C25H20N4. The molecule has 0 aliphatic rings. The van der Waals surface area contributed by atoms with Crippen LogP contribution in [0.4, 0.5) is 11.4 Å². The van der Waals surface area contributed by atoms with Crippen LogP contribution in [-0.2, 0) is 6.42 Å². The Balaban J connectivity index is 1.36. The molecule has 0 radical (unpaired) electrons. The van der Waals surface area contributed by atoms with Crippen LogP contribution in [0.1, 0.15) is 22.5 Å². The highest BCUT2D eigenvalue weighted by molar-refractivity contribution is 5.80. The van der Waals surface area contributed by atoms with E-state index in [4.69, 9.17) is 0 Å². The first-order chi connectivity index (χ1) is 14.3. The highest BCUT2D eigenvalue weighted by Gasteiger charge is 1.98. The lowest BCUT2D eigenvalue weighted by Crippen LogP contribution is -1.88. The molecule has 2 aromatic carbocycles. The zero-order valence-electron chi connectivity index (χ0n) is 15.9. The Bertz CT molecular complexity index is 994. The molecule has 0 unspecified atom stereocenters. The van der Waals surface area contributed by atoms with E-state index in [0.717, 1.165) is 29.2 Å². The van der Waals surface area contributed by atoms with Crippen molar-refractivity contribution in [2.24, 2.45) is 9.98 Å². The van der Waals surface area contributed by atoms with Gasteiger partial charge in [-0.05, 0) is 66.1 Å². The number of nitrogens with zero attached hydrogens (tertiary/aromatic N) is 4. The van der Waals surface area contributed by atoms with Crippen LogP contribution in [-0.4, -0.2) is 22.4 Å². The maximum absolute atomic E-state index is 4.47. The SMILES string of the molecule is C(=N\c1ccc(Cc2ccc(/N=C/c3ccccn3)cc2)cc1)/c1ccccn1. The molecule has 0 N–H and O–H groups in total. The van der Waals surface area contributed by atoms with Gasteiger partial charge in [-0.2, -0.15) is 0 Å². The van der Waals surface area contributed by atoms with Gasteiger partial charge in [0, 0.05) is 12.4 Å². The zero-order chi connectivity index (χ0) is 19.7. The maximum atomic E-state index is 4.47. The first-order valence-corrected chi connectivity index (χ1v) is 9.43. The van der Waals surface area contributed by atoms with Crippen LogP contribution in [0.2, 0.25) is 0 Å². The summed E-state index contributed by atoms with van der Waals surface area (Å²) in [5, 5.41) is 0. The largest absolute Gasteiger partial charge is 0.255 e. The Morgan fingerprint density at radius 3 is 1.38 bits per heavy atom. The van der Waals surface area contributed by atoms with Crippen molar-refractivity contribution in [2.75, 3.05) is 0 Å². The highest BCUT2D eigenvalue weighted by Crippen LogP contribution is 2.18. The van der Waals surface area contributed by atoms with Gasteiger partial charge in [0.1, 0.15) is 0 Å². The van der Waals surface area contributed by atoms with Crippen molar-refractivity contribution in [3.05, 3.63) is 120 Å². The van der Waals surface area contributed by atoms with Crippen molar-refractivity contribution in [3.8, 4) is 0 Å². The summed E-state index contributed by atoms with van der Waals surface area (Å²) in [5.74, 6) is 0. The molecule has 140 valence electrons. The summed E-state index contributed by atoms with van der Waals surface area (Å²) < 4.78 is 0. The zero-order valence-corrected chi connectivity index (χ0v) is 15.9. The van der Waals surface area contributed by atoms with Crippen molar-refractivity contribution in [2.45, 2.75) is 6.42 Å². The average Bonchev–Trinajstić information content (AvgIpc) is 2.80. The first kappa shape index (κ1) is 18.4. The molecule has 4 aromatic rings. The van der Waals surface area contributed by atoms with Crippen LogP contribution in [0.25, 0.3) is 0 Å². The number of rotatable bonds is 6. The van der Waals surface area contributed by atoms with E-state index < -0.39 is 0 Å². The highest BCUT2D eigenvalue weighted by atomic mass is 14.8. The van der Waals surface area contributed by atoms with Crippen LogP contribution < -0.4 is 0 Å². The third kappa shape index (κ3) is 5.53. The van der Waals surface area contributed by atoms with Gasteiger partial charge in [0.05, 0.1) is 35.2 Å². The van der Waals surface area contributed by atoms with Gasteiger partial charge in [0.25, 0.3) is 0 Å². The molecule has 4 heteroatoms. The molecule has 0 bridgehead atoms. The summed E-state index contributed by atoms with van der Waals surface area (Å²) in [7, 11) is 0. The topological polar surface area (TPSA) is 50.5 Å². The molecule has 0 fully saturated rings. The van der Waals surface area contributed by atoms with Crippen LogP contribution in [0, 0.1) is 0 Å². The van der Waals surface area contributed by atoms with Crippen LogP contribution in [0.5, 0.6) is 0 Å². The Labute approximate surface area is 170 Å². The summed E-state index contributed by atoms with van der Waals surface area (Å²) in [6.45, 7) is 0. The van der Waals surface area contributed by atoms with Crippen LogP contribution >= 0.6 is 0 Å². The van der Waals surface area contributed by atoms with Gasteiger partial charge < -0.3 is 0 Å². The van der Waals surface area contributed by atoms with E-state index in [1.54, 1.807) is 24.8 Å². The second-order valence-corrected chi connectivity index (χ2v) is 6.54. The predicted molar refractivity (Wildman–Crippen MR) is 119 cm³/mol. The fourth-order valence-corrected chi connectivity index (χ4v) is 2.82. The third-order valence-corrected chi connectivity index (χ3v) is 4.35. The summed E-state index contributed by atoms with van der Waals surface area (Å²) in [6.07, 6.45) is 7.95. The minimum Gasteiger partial charge on any atom is -0.255 e. The number of benzene rings is 2. The Morgan fingerprint density at radius 2 is 1.00 bits per heavy atom. The summed E-state index contributed by atoms with van der Waals surface area (Å²) in [4.78, 5) is 17.4. The fraction of sp³-hybridized carbons (Fsp3) is 0.0400. The monoisotopic (exact) mass is 376 g/mol. The van der Waals surface area contributed by atoms with Crippen molar-refractivity contribution < 1.29 is 0 Å². The number of hydrogen-bond acceptors (Lipinski definition) is 4. The van der Waals surface area contributed by atoms with Crippen molar-refractivity contribution in [1.82, 2.24) is 9.97 Å². The standard InChI is InChI=1S/C25H20N4/c1-3-15-26-24(5-1)18-28-22-11-7-20(8-12-22)17-21-9-13-23(14-10-21)29-19-25-6-2-4-16-27-25/h1-16,18-19H,17H2/b28-18+,29-19+. The molecule has 0 aliphatic heterocycles. The van der Waals surface area contributed by atoms with E-state index in [2.05, 4.69) is 44.2 Å². The molecule has 0 saturated carbocycles. The first-order valence-electron chi connectivity index (χ1n) is 9.43. The molecule has 0 saturated heterocycles. The molecule has 0 spiro atoms. The van der Waals surface area contributed by atoms with E-state index in [1.807, 2.05) is 60.7 Å². The summed E-state index contributed by atoms with van der Waals surface area (Å²) in [6, 6.07) is 28.1. The molecule has 2 aromatic heterocycles. The van der Waals surface area contributed by atoms with Gasteiger partial charge in [0.15, 0.2) is 0 Å². The Kier molecular flexibility index (Phi) is 5.93. The Morgan fingerprint density at radius 1 is 0.552 bits per heavy atom. The van der Waals surface area contributed by atoms with Crippen LogP contribution in [0.3, 0.4) is 0 Å². The average molecular weight is 376 g/mol. The number of pyridine rings is 2. The predicted octanol–water partition coefficient (Wildman–Crippen LogP) is 5.57. The van der Waals surface area contributed by atoms with Crippen molar-refractivity contribution in [3.63, 3.8) is 0 Å². The van der Waals surface area contributed by atoms with Crippen LogP contribution in [0.15, 0.2) is 107 Å². The van der Waals surface area contributed by atoms with E-state index in [9.17, 15) is 0 Å². The van der Waals surface area contributed by atoms with Gasteiger partial charge in [-0.1, -0.05) is 36.4 Å².